The molecule has 0 spiro atoms. The Balaban J connectivity index is 1.40. The molecule has 0 aromatic heterocycles. The van der Waals surface area contributed by atoms with Gasteiger partial charge in [-0.2, -0.15) is 0 Å². The minimum absolute atomic E-state index is 0.0320. The van der Waals surface area contributed by atoms with Gasteiger partial charge in [0.05, 0.1) is 24.8 Å². The van der Waals surface area contributed by atoms with E-state index < -0.39 is 6.10 Å². The summed E-state index contributed by atoms with van der Waals surface area (Å²) in [5, 5.41) is 10.6. The lowest BCUT2D eigenvalue weighted by molar-refractivity contribution is -0.128. The number of carbonyl (C=O) groups is 2. The standard InChI is InChI=1S/C30H39NO4/c1-23(9-5-3-6-10-24-11-7-4-8-12-24)28(32)19-17-27-18-20-29(33)31(27)22-21-25-13-15-26(16-14-25)30(34)35-2/h4,7-8,11-17,19,23,27-28,32H,3,5-6,9-10,18,20-22H2,1-2H3/t23-,27-,28+/m0/s1. The van der Waals surface area contributed by atoms with Crippen LogP contribution in [0.4, 0.5) is 0 Å². The molecule has 1 N–H and O–H groups in total. The molecule has 3 rings (SSSR count). The molecule has 3 atom stereocenters. The molecule has 2 aromatic carbocycles. The van der Waals surface area contributed by atoms with Gasteiger partial charge >= 0.3 is 5.97 Å². The van der Waals surface area contributed by atoms with Crippen LogP contribution in [-0.2, 0) is 22.4 Å². The van der Waals surface area contributed by atoms with E-state index in [2.05, 4.69) is 31.2 Å². The molecule has 0 radical (unpaired) electrons. The molecule has 1 aliphatic heterocycles. The van der Waals surface area contributed by atoms with Crippen molar-refractivity contribution in [3.8, 4) is 0 Å². The molecule has 1 heterocycles. The zero-order valence-corrected chi connectivity index (χ0v) is 21.1. The van der Waals surface area contributed by atoms with Crippen molar-refractivity contribution in [2.24, 2.45) is 5.92 Å². The maximum Gasteiger partial charge on any atom is 0.337 e. The number of aliphatic hydroxyl groups is 1. The summed E-state index contributed by atoms with van der Waals surface area (Å²) in [5.41, 5.74) is 2.98. The third kappa shape index (κ3) is 8.36. The predicted octanol–water partition coefficient (Wildman–Crippen LogP) is 5.36. The van der Waals surface area contributed by atoms with Crippen LogP contribution in [0.3, 0.4) is 0 Å². The van der Waals surface area contributed by atoms with E-state index in [0.29, 0.717) is 18.5 Å². The normalized spacial score (nSPS) is 17.6. The van der Waals surface area contributed by atoms with Gasteiger partial charge in [-0.15, -0.1) is 0 Å². The number of benzene rings is 2. The van der Waals surface area contributed by atoms with Crippen molar-refractivity contribution in [3.05, 3.63) is 83.4 Å². The lowest BCUT2D eigenvalue weighted by Gasteiger charge is -2.23. The van der Waals surface area contributed by atoms with Crippen LogP contribution < -0.4 is 0 Å². The number of carbonyl (C=O) groups excluding carboxylic acids is 2. The molecule has 2 aromatic rings. The lowest BCUT2D eigenvalue weighted by atomic mass is 9.95. The molecule has 5 nitrogen and oxygen atoms in total. The van der Waals surface area contributed by atoms with Crippen molar-refractivity contribution < 1.29 is 19.4 Å². The molecule has 0 bridgehead atoms. The summed E-state index contributed by atoms with van der Waals surface area (Å²) in [6, 6.07) is 17.9. The van der Waals surface area contributed by atoms with Gasteiger partial charge in [-0.1, -0.05) is 74.4 Å². The van der Waals surface area contributed by atoms with E-state index in [1.807, 2.05) is 35.3 Å². The van der Waals surface area contributed by atoms with Crippen molar-refractivity contribution in [1.29, 1.82) is 0 Å². The zero-order valence-electron chi connectivity index (χ0n) is 21.1. The summed E-state index contributed by atoms with van der Waals surface area (Å²) in [4.78, 5) is 25.9. The number of methoxy groups -OCH3 is 1. The topological polar surface area (TPSA) is 66.8 Å². The molecule has 0 aliphatic carbocycles. The number of hydrogen-bond donors (Lipinski definition) is 1. The zero-order chi connectivity index (χ0) is 25.0. The molecule has 5 heteroatoms. The number of rotatable bonds is 13. The van der Waals surface area contributed by atoms with Gasteiger partial charge in [0.15, 0.2) is 0 Å². The van der Waals surface area contributed by atoms with Crippen molar-refractivity contribution in [3.63, 3.8) is 0 Å². The number of hydrogen-bond acceptors (Lipinski definition) is 4. The van der Waals surface area contributed by atoms with Gasteiger partial charge in [-0.25, -0.2) is 4.79 Å². The first-order valence-electron chi connectivity index (χ1n) is 12.8. The van der Waals surface area contributed by atoms with Crippen LogP contribution in [0, 0.1) is 5.92 Å². The Morgan fingerprint density at radius 2 is 1.77 bits per heavy atom. The van der Waals surface area contributed by atoms with E-state index >= 15 is 0 Å². The average Bonchev–Trinajstić information content (AvgIpc) is 3.25. The average molecular weight is 478 g/mol. The maximum absolute atomic E-state index is 12.4. The fraction of sp³-hybridized carbons (Fsp3) is 0.467. The van der Waals surface area contributed by atoms with Crippen LogP contribution in [0.5, 0.6) is 0 Å². The van der Waals surface area contributed by atoms with Crippen LogP contribution >= 0.6 is 0 Å². The SMILES string of the molecule is COC(=O)c1ccc(CCN2C(=O)CC[C@@H]2C=C[C@@H](O)[C@@H](C)CCCCCc2ccccc2)cc1. The Morgan fingerprint density at radius 1 is 1.06 bits per heavy atom. The van der Waals surface area contributed by atoms with Gasteiger partial charge in [0, 0.05) is 13.0 Å². The highest BCUT2D eigenvalue weighted by Crippen LogP contribution is 2.22. The Hall–Kier alpha value is -2.92. The van der Waals surface area contributed by atoms with Crippen molar-refractivity contribution in [1.82, 2.24) is 4.90 Å². The molecular formula is C30H39NO4. The number of likely N-dealkylation sites (tertiary alicyclic amines) is 1. The van der Waals surface area contributed by atoms with E-state index in [4.69, 9.17) is 4.74 Å². The Bertz CT molecular complexity index is 954. The van der Waals surface area contributed by atoms with E-state index in [1.54, 1.807) is 12.1 Å². The third-order valence-corrected chi connectivity index (χ3v) is 6.97. The second-order valence-corrected chi connectivity index (χ2v) is 9.57. The highest BCUT2D eigenvalue weighted by molar-refractivity contribution is 5.89. The van der Waals surface area contributed by atoms with Crippen LogP contribution in [0.15, 0.2) is 66.7 Å². The summed E-state index contributed by atoms with van der Waals surface area (Å²) < 4.78 is 4.74. The van der Waals surface area contributed by atoms with E-state index in [-0.39, 0.29) is 23.8 Å². The van der Waals surface area contributed by atoms with E-state index in [1.165, 1.54) is 25.5 Å². The summed E-state index contributed by atoms with van der Waals surface area (Å²) in [5.74, 6) is 0.00471. The molecule has 35 heavy (non-hydrogen) atoms. The summed E-state index contributed by atoms with van der Waals surface area (Å²) in [7, 11) is 1.37. The summed E-state index contributed by atoms with van der Waals surface area (Å²) in [6.45, 7) is 2.72. The number of aliphatic hydroxyl groups excluding tert-OH is 1. The number of amides is 1. The monoisotopic (exact) mass is 477 g/mol. The largest absolute Gasteiger partial charge is 0.465 e. The molecule has 0 saturated carbocycles. The molecule has 1 saturated heterocycles. The fourth-order valence-electron chi connectivity index (χ4n) is 4.64. The van der Waals surface area contributed by atoms with Crippen molar-refractivity contribution in [2.75, 3.05) is 13.7 Å². The lowest BCUT2D eigenvalue weighted by Crippen LogP contribution is -2.34. The Morgan fingerprint density at radius 3 is 2.49 bits per heavy atom. The van der Waals surface area contributed by atoms with Crippen LogP contribution in [-0.4, -0.2) is 47.7 Å². The minimum atomic E-state index is -0.493. The van der Waals surface area contributed by atoms with Gasteiger partial charge in [0.2, 0.25) is 5.91 Å². The van der Waals surface area contributed by atoms with Crippen LogP contribution in [0.1, 0.15) is 66.9 Å². The number of aryl methyl sites for hydroxylation is 1. The molecule has 1 aliphatic rings. The first-order chi connectivity index (χ1) is 17.0. The van der Waals surface area contributed by atoms with Gasteiger partial charge in [0.1, 0.15) is 0 Å². The van der Waals surface area contributed by atoms with Gasteiger partial charge in [-0.05, 0) is 61.3 Å². The second kappa shape index (κ2) is 13.8. The summed E-state index contributed by atoms with van der Waals surface area (Å²) >= 11 is 0. The fourth-order valence-corrected chi connectivity index (χ4v) is 4.64. The highest BCUT2D eigenvalue weighted by atomic mass is 16.5. The molecule has 1 fully saturated rings. The quantitative estimate of drug-likeness (QED) is 0.239. The van der Waals surface area contributed by atoms with Crippen molar-refractivity contribution >= 4 is 11.9 Å². The molecule has 1 amide bonds. The number of esters is 1. The number of nitrogens with zero attached hydrogens (tertiary/aromatic N) is 1. The van der Waals surface area contributed by atoms with E-state index in [9.17, 15) is 14.7 Å². The maximum atomic E-state index is 12.4. The predicted molar refractivity (Wildman–Crippen MR) is 139 cm³/mol. The minimum Gasteiger partial charge on any atom is -0.465 e. The smallest absolute Gasteiger partial charge is 0.337 e. The second-order valence-electron chi connectivity index (χ2n) is 9.57. The van der Waals surface area contributed by atoms with Crippen molar-refractivity contribution in [2.45, 2.75) is 70.4 Å². The first-order valence-corrected chi connectivity index (χ1v) is 12.8. The van der Waals surface area contributed by atoms with E-state index in [0.717, 1.165) is 37.7 Å². The number of ether oxygens (including phenoxy) is 1. The Labute approximate surface area is 209 Å². The third-order valence-electron chi connectivity index (χ3n) is 6.97. The first kappa shape index (κ1) is 26.7. The number of unbranched alkanes of at least 4 members (excludes halogenated alkanes) is 2. The van der Waals surface area contributed by atoms with Gasteiger partial charge in [-0.3, -0.25) is 4.79 Å². The molecule has 0 unspecified atom stereocenters. The highest BCUT2D eigenvalue weighted by Gasteiger charge is 2.29. The van der Waals surface area contributed by atoms with Crippen LogP contribution in [0.25, 0.3) is 0 Å². The molecular weight excluding hydrogens is 438 g/mol. The molecule has 188 valence electrons. The van der Waals surface area contributed by atoms with Gasteiger partial charge in [0.25, 0.3) is 0 Å². The van der Waals surface area contributed by atoms with Gasteiger partial charge < -0.3 is 14.7 Å². The summed E-state index contributed by atoms with van der Waals surface area (Å²) in [6.07, 6.45) is 11.0. The van der Waals surface area contributed by atoms with Crippen LogP contribution in [0.2, 0.25) is 0 Å². The Kier molecular flexibility index (Phi) is 10.5.